The summed E-state index contributed by atoms with van der Waals surface area (Å²) in [6.45, 7) is 5.45. The van der Waals surface area contributed by atoms with Crippen molar-refractivity contribution in [3.05, 3.63) is 36.1 Å². The molecule has 0 radical (unpaired) electrons. The summed E-state index contributed by atoms with van der Waals surface area (Å²) >= 11 is 0. The van der Waals surface area contributed by atoms with Gasteiger partial charge in [0.15, 0.2) is 0 Å². The molecule has 5 heteroatoms. The van der Waals surface area contributed by atoms with Crippen LogP contribution in [0, 0.1) is 0 Å². The first-order valence-corrected chi connectivity index (χ1v) is 6.07. The molecule has 0 saturated carbocycles. The van der Waals surface area contributed by atoms with Gasteiger partial charge in [-0.1, -0.05) is 0 Å². The van der Waals surface area contributed by atoms with Crippen LogP contribution < -0.4 is 15.8 Å². The van der Waals surface area contributed by atoms with Gasteiger partial charge in [0.2, 0.25) is 0 Å². The fraction of sp³-hybridized carbons (Fsp3) is 0.357. The lowest BCUT2D eigenvalue weighted by atomic mass is 10.0. The van der Waals surface area contributed by atoms with Crippen LogP contribution in [0.4, 0.5) is 10.5 Å². The summed E-state index contributed by atoms with van der Waals surface area (Å²) < 4.78 is 10.6. The molecule has 1 amide bonds. The fourth-order valence-corrected chi connectivity index (χ4v) is 1.77. The van der Waals surface area contributed by atoms with Crippen molar-refractivity contribution in [2.24, 2.45) is 0 Å². The van der Waals surface area contributed by atoms with E-state index in [2.05, 4.69) is 5.32 Å². The smallest absolute Gasteiger partial charge is 0.408 e. The normalized spacial score (nSPS) is 17.3. The van der Waals surface area contributed by atoms with E-state index in [-0.39, 0.29) is 6.04 Å². The van der Waals surface area contributed by atoms with E-state index in [1.165, 1.54) is 0 Å². The molecule has 1 aliphatic rings. The topological polar surface area (TPSA) is 73.6 Å². The van der Waals surface area contributed by atoms with Gasteiger partial charge in [0.25, 0.3) is 0 Å². The Labute approximate surface area is 112 Å². The largest absolute Gasteiger partial charge is 0.465 e. The zero-order chi connectivity index (χ0) is 14.0. The average molecular weight is 262 g/mol. The van der Waals surface area contributed by atoms with Gasteiger partial charge < -0.3 is 20.5 Å². The summed E-state index contributed by atoms with van der Waals surface area (Å²) in [5.74, 6) is 0.678. The quantitative estimate of drug-likeness (QED) is 0.763. The average Bonchev–Trinajstić information content (AvgIpc) is 2.27. The molecule has 1 aromatic carbocycles. The predicted molar refractivity (Wildman–Crippen MR) is 72.7 cm³/mol. The van der Waals surface area contributed by atoms with Crippen molar-refractivity contribution >= 4 is 11.8 Å². The second kappa shape index (κ2) is 4.84. The number of carbonyl (C=O) groups excluding carboxylic acids is 1. The molecule has 0 spiro atoms. The maximum Gasteiger partial charge on any atom is 0.408 e. The first kappa shape index (κ1) is 13.3. The van der Waals surface area contributed by atoms with Crippen molar-refractivity contribution in [3.63, 3.8) is 0 Å². The lowest BCUT2D eigenvalue weighted by Crippen LogP contribution is -2.35. The Kier molecular flexibility index (Phi) is 3.38. The molecule has 3 N–H and O–H groups in total. The molecular weight excluding hydrogens is 244 g/mol. The molecule has 0 fully saturated rings. The zero-order valence-corrected chi connectivity index (χ0v) is 11.3. The Morgan fingerprint density at radius 2 is 2.16 bits per heavy atom. The lowest BCUT2D eigenvalue weighted by Gasteiger charge is -2.25. The van der Waals surface area contributed by atoms with Crippen molar-refractivity contribution in [2.45, 2.75) is 32.4 Å². The van der Waals surface area contributed by atoms with Crippen molar-refractivity contribution in [2.75, 3.05) is 5.73 Å². The molecular formula is C14H18N2O3. The van der Waals surface area contributed by atoms with Crippen molar-refractivity contribution in [1.29, 1.82) is 0 Å². The van der Waals surface area contributed by atoms with Gasteiger partial charge in [-0.2, -0.15) is 0 Å². The number of hydrogen-bond donors (Lipinski definition) is 2. The highest BCUT2D eigenvalue weighted by Gasteiger charge is 2.23. The number of nitrogen functional groups attached to an aromatic ring is 1. The van der Waals surface area contributed by atoms with Crippen molar-refractivity contribution in [3.8, 4) is 5.75 Å². The van der Waals surface area contributed by atoms with Gasteiger partial charge in [0.05, 0.1) is 12.3 Å². The van der Waals surface area contributed by atoms with Gasteiger partial charge in [-0.3, -0.25) is 0 Å². The van der Waals surface area contributed by atoms with E-state index >= 15 is 0 Å². The molecule has 5 nitrogen and oxygen atoms in total. The number of ether oxygens (including phenoxy) is 2. The number of amides is 1. The monoisotopic (exact) mass is 262 g/mol. The van der Waals surface area contributed by atoms with Crippen LogP contribution in [-0.4, -0.2) is 11.7 Å². The van der Waals surface area contributed by atoms with Gasteiger partial charge >= 0.3 is 6.09 Å². The molecule has 0 saturated heterocycles. The van der Waals surface area contributed by atoms with Crippen LogP contribution in [-0.2, 0) is 4.74 Å². The van der Waals surface area contributed by atoms with E-state index in [1.54, 1.807) is 30.5 Å². The first-order valence-electron chi connectivity index (χ1n) is 6.07. The molecule has 0 bridgehead atoms. The van der Waals surface area contributed by atoms with Crippen LogP contribution in [0.1, 0.15) is 32.4 Å². The Balaban J connectivity index is 2.14. The highest BCUT2D eigenvalue weighted by molar-refractivity contribution is 5.69. The number of carbonyl (C=O) groups is 1. The van der Waals surface area contributed by atoms with Crippen LogP contribution in [0.5, 0.6) is 5.75 Å². The van der Waals surface area contributed by atoms with E-state index in [9.17, 15) is 4.79 Å². The number of anilines is 1. The SMILES string of the molecule is CC(C)(C)OC(=O)NC1C=COc2ccc(N)cc21. The molecule has 1 aliphatic heterocycles. The maximum atomic E-state index is 11.8. The summed E-state index contributed by atoms with van der Waals surface area (Å²) in [5, 5.41) is 2.78. The van der Waals surface area contributed by atoms with Crippen LogP contribution in [0.25, 0.3) is 0 Å². The summed E-state index contributed by atoms with van der Waals surface area (Å²) in [5.41, 5.74) is 6.66. The molecule has 0 aliphatic carbocycles. The van der Waals surface area contributed by atoms with Gasteiger partial charge in [0.1, 0.15) is 11.4 Å². The lowest BCUT2D eigenvalue weighted by molar-refractivity contribution is 0.0512. The van der Waals surface area contributed by atoms with E-state index in [0.717, 1.165) is 5.56 Å². The summed E-state index contributed by atoms with van der Waals surface area (Å²) in [6, 6.07) is 5.00. The van der Waals surface area contributed by atoms with Crippen LogP contribution >= 0.6 is 0 Å². The van der Waals surface area contributed by atoms with E-state index in [1.807, 2.05) is 20.8 Å². The number of nitrogens with two attached hydrogens (primary N) is 1. The highest BCUT2D eigenvalue weighted by Crippen LogP contribution is 2.31. The summed E-state index contributed by atoms with van der Waals surface area (Å²) in [7, 11) is 0. The number of rotatable bonds is 1. The third kappa shape index (κ3) is 3.40. The Morgan fingerprint density at radius 1 is 1.42 bits per heavy atom. The molecule has 1 aromatic rings. The summed E-state index contributed by atoms with van der Waals surface area (Å²) in [6.07, 6.45) is 2.81. The van der Waals surface area contributed by atoms with Gasteiger partial charge in [0, 0.05) is 11.3 Å². The third-order valence-corrected chi connectivity index (χ3v) is 2.51. The Bertz CT molecular complexity index is 518. The molecule has 1 heterocycles. The minimum atomic E-state index is -0.530. The molecule has 0 aromatic heterocycles. The first-order chi connectivity index (χ1) is 8.85. The standard InChI is InChI=1S/C14H18N2O3/c1-14(2,3)19-13(17)16-11-6-7-18-12-5-4-9(15)8-10(11)12/h4-8,11H,15H2,1-3H3,(H,16,17). The summed E-state index contributed by atoms with van der Waals surface area (Å²) in [4.78, 5) is 11.8. The molecule has 1 atom stereocenters. The van der Waals surface area contributed by atoms with Crippen LogP contribution in [0.3, 0.4) is 0 Å². The number of nitrogens with one attached hydrogen (secondary N) is 1. The Hall–Kier alpha value is -2.17. The molecule has 2 rings (SSSR count). The second-order valence-electron chi connectivity index (χ2n) is 5.37. The van der Waals surface area contributed by atoms with Gasteiger partial charge in [-0.15, -0.1) is 0 Å². The van der Waals surface area contributed by atoms with E-state index < -0.39 is 11.7 Å². The third-order valence-electron chi connectivity index (χ3n) is 2.51. The number of alkyl carbamates (subject to hydrolysis) is 1. The maximum absolute atomic E-state index is 11.8. The minimum Gasteiger partial charge on any atom is -0.465 e. The number of benzene rings is 1. The van der Waals surface area contributed by atoms with Crippen LogP contribution in [0.15, 0.2) is 30.5 Å². The van der Waals surface area contributed by atoms with E-state index in [0.29, 0.717) is 11.4 Å². The second-order valence-corrected chi connectivity index (χ2v) is 5.37. The minimum absolute atomic E-state index is 0.304. The van der Waals surface area contributed by atoms with Gasteiger partial charge in [-0.25, -0.2) is 4.79 Å². The molecule has 1 unspecified atom stereocenters. The van der Waals surface area contributed by atoms with Gasteiger partial charge in [-0.05, 0) is 45.0 Å². The van der Waals surface area contributed by atoms with Crippen molar-refractivity contribution < 1.29 is 14.3 Å². The predicted octanol–water partition coefficient (Wildman–Crippen LogP) is 2.74. The number of hydrogen-bond acceptors (Lipinski definition) is 4. The van der Waals surface area contributed by atoms with Crippen molar-refractivity contribution in [1.82, 2.24) is 5.32 Å². The van der Waals surface area contributed by atoms with Crippen LogP contribution in [0.2, 0.25) is 0 Å². The molecule has 19 heavy (non-hydrogen) atoms. The number of fused-ring (bicyclic) bond motifs is 1. The molecule has 102 valence electrons. The Morgan fingerprint density at radius 3 is 2.84 bits per heavy atom. The van der Waals surface area contributed by atoms with E-state index in [4.69, 9.17) is 15.2 Å². The highest BCUT2D eigenvalue weighted by atomic mass is 16.6. The zero-order valence-electron chi connectivity index (χ0n) is 11.3. The fourth-order valence-electron chi connectivity index (χ4n) is 1.77.